The number of methoxy groups -OCH3 is 1. The highest BCUT2D eigenvalue weighted by Crippen LogP contribution is 2.41. The fraction of sp³-hybridized carbons (Fsp3) is 0.292. The number of rotatable bonds is 8. The Bertz CT molecular complexity index is 1070. The lowest BCUT2D eigenvalue weighted by Gasteiger charge is -2.25. The van der Waals surface area contributed by atoms with E-state index in [1.54, 1.807) is 18.0 Å². The second-order valence-corrected chi connectivity index (χ2v) is 9.04. The molecule has 2 aromatic heterocycles. The number of hydrogen-bond acceptors (Lipinski definition) is 6. The molecule has 0 unspecified atom stereocenters. The van der Waals surface area contributed by atoms with Crippen LogP contribution in [0, 0.1) is 6.92 Å². The van der Waals surface area contributed by atoms with Gasteiger partial charge in [0.25, 0.3) is 0 Å². The maximum Gasteiger partial charge on any atom is 0.305 e. The molecule has 3 heterocycles. The molecule has 0 saturated carbocycles. The summed E-state index contributed by atoms with van der Waals surface area (Å²) < 4.78 is 11.1. The van der Waals surface area contributed by atoms with Crippen LogP contribution in [0.4, 0.5) is 0 Å². The molecule has 1 saturated heterocycles. The smallest absolute Gasteiger partial charge is 0.305 e. The molecule has 0 radical (unpaired) electrons. The Balaban J connectivity index is 1.58. The monoisotopic (exact) mass is 467 g/mol. The Morgan fingerprint density at radius 3 is 2.75 bits per heavy atom. The molecule has 1 aliphatic rings. The molecule has 3 aromatic rings. The van der Waals surface area contributed by atoms with Crippen LogP contribution in [-0.2, 0) is 9.53 Å². The van der Waals surface area contributed by atoms with Gasteiger partial charge < -0.3 is 19.4 Å². The maximum absolute atomic E-state index is 11.6. The number of esters is 1. The first-order valence-electron chi connectivity index (χ1n) is 10.4. The number of aromatic nitrogens is 1. The van der Waals surface area contributed by atoms with Gasteiger partial charge in [0.1, 0.15) is 11.8 Å². The fourth-order valence-electron chi connectivity index (χ4n) is 3.72. The van der Waals surface area contributed by atoms with Gasteiger partial charge in [0.15, 0.2) is 10.2 Å². The minimum Gasteiger partial charge on any atom is -0.469 e. The van der Waals surface area contributed by atoms with Gasteiger partial charge >= 0.3 is 5.97 Å². The maximum atomic E-state index is 11.6. The van der Waals surface area contributed by atoms with E-state index in [9.17, 15) is 4.79 Å². The van der Waals surface area contributed by atoms with Gasteiger partial charge in [0.2, 0.25) is 0 Å². The van der Waals surface area contributed by atoms with Gasteiger partial charge in [-0.1, -0.05) is 35.5 Å². The van der Waals surface area contributed by atoms with Crippen LogP contribution >= 0.6 is 24.0 Å². The summed E-state index contributed by atoms with van der Waals surface area (Å²) in [6, 6.07) is 17.9. The summed E-state index contributed by atoms with van der Waals surface area (Å²) >= 11 is 7.23. The van der Waals surface area contributed by atoms with Gasteiger partial charge in [0, 0.05) is 24.1 Å². The number of hydrogen-bond donors (Lipinski definition) is 1. The van der Waals surface area contributed by atoms with Crippen molar-refractivity contribution in [2.24, 2.45) is 0 Å². The highest BCUT2D eigenvalue weighted by molar-refractivity contribution is 7.99. The molecule has 1 N–H and O–H groups in total. The molecule has 4 rings (SSSR count). The molecule has 0 spiro atoms. The van der Waals surface area contributed by atoms with E-state index in [2.05, 4.69) is 46.4 Å². The predicted octanol–water partition coefficient (Wildman–Crippen LogP) is 5.06. The molecular weight excluding hydrogens is 442 g/mol. The minimum atomic E-state index is -0.226. The average Bonchev–Trinajstić information content (AvgIpc) is 3.40. The molecule has 1 fully saturated rings. The van der Waals surface area contributed by atoms with E-state index in [-0.39, 0.29) is 18.1 Å². The van der Waals surface area contributed by atoms with Gasteiger partial charge in [-0.25, -0.2) is 0 Å². The highest BCUT2D eigenvalue weighted by Gasteiger charge is 2.41. The summed E-state index contributed by atoms with van der Waals surface area (Å²) in [6.07, 6.45) is 2.74. The van der Waals surface area contributed by atoms with E-state index in [1.165, 1.54) is 12.7 Å². The summed E-state index contributed by atoms with van der Waals surface area (Å²) in [4.78, 5) is 19.3. The molecular formula is C24H25N3O3S2. The summed E-state index contributed by atoms with van der Waals surface area (Å²) in [5, 5.41) is 4.84. The summed E-state index contributed by atoms with van der Waals surface area (Å²) in [5.74, 6) is 0.580. The fourth-order valence-corrected chi connectivity index (χ4v) is 4.83. The number of ether oxygens (including phenoxy) is 1. The molecule has 166 valence electrons. The van der Waals surface area contributed by atoms with Crippen molar-refractivity contribution in [2.75, 3.05) is 13.7 Å². The van der Waals surface area contributed by atoms with E-state index < -0.39 is 0 Å². The van der Waals surface area contributed by atoms with Crippen LogP contribution in [0.5, 0.6) is 0 Å². The van der Waals surface area contributed by atoms with E-state index >= 15 is 0 Å². The van der Waals surface area contributed by atoms with Crippen LogP contribution in [0.2, 0.25) is 0 Å². The number of furan rings is 1. The van der Waals surface area contributed by atoms with Gasteiger partial charge in [-0.15, -0.1) is 0 Å². The topological polar surface area (TPSA) is 67.6 Å². The number of carbonyl (C=O) groups is 1. The van der Waals surface area contributed by atoms with E-state index in [0.29, 0.717) is 24.5 Å². The molecule has 1 aliphatic heterocycles. The largest absolute Gasteiger partial charge is 0.469 e. The average molecular weight is 468 g/mol. The number of nitrogens with zero attached hydrogens (tertiary/aromatic N) is 2. The number of aryl methyl sites for hydroxylation is 1. The summed E-state index contributed by atoms with van der Waals surface area (Å²) in [6.45, 7) is 2.68. The first-order chi connectivity index (χ1) is 15.5. The molecule has 6 nitrogen and oxygen atoms in total. The Hall–Kier alpha value is -2.84. The lowest BCUT2D eigenvalue weighted by molar-refractivity contribution is -0.140. The van der Waals surface area contributed by atoms with Gasteiger partial charge in [-0.3, -0.25) is 9.78 Å². The number of nitrogens with one attached hydrogen (secondary N) is 1. The summed E-state index contributed by atoms with van der Waals surface area (Å²) in [5.41, 5.74) is 2.11. The zero-order chi connectivity index (χ0) is 22.5. The Labute approximate surface area is 197 Å². The van der Waals surface area contributed by atoms with Gasteiger partial charge in [0.05, 0.1) is 18.8 Å². The second kappa shape index (κ2) is 10.2. The van der Waals surface area contributed by atoms with Crippen LogP contribution in [0.15, 0.2) is 75.2 Å². The van der Waals surface area contributed by atoms with Crippen LogP contribution < -0.4 is 5.32 Å². The minimum absolute atomic E-state index is 0.148. The van der Waals surface area contributed by atoms with Crippen LogP contribution in [0.25, 0.3) is 0 Å². The highest BCUT2D eigenvalue weighted by atomic mass is 32.2. The third-order valence-electron chi connectivity index (χ3n) is 5.34. The first-order valence-corrected chi connectivity index (χ1v) is 11.7. The van der Waals surface area contributed by atoms with Crippen molar-refractivity contribution < 1.29 is 13.9 Å². The SMILES string of the molecule is COC(=O)CCCN1C(=S)N[C@H](c2ccccn2)[C@@H]1c1ccc(Sc2ccc(C)cc2)o1. The molecule has 0 bridgehead atoms. The van der Waals surface area contributed by atoms with E-state index in [4.69, 9.17) is 21.4 Å². The number of benzene rings is 1. The Morgan fingerprint density at radius 2 is 2.03 bits per heavy atom. The second-order valence-electron chi connectivity index (χ2n) is 7.57. The Morgan fingerprint density at radius 1 is 1.22 bits per heavy atom. The standard InChI is InChI=1S/C24H25N3O3S2/c1-16-8-10-17(11-9-16)32-21-13-12-19(30-21)23-22(18-6-3-4-14-25-18)26-24(31)27(23)15-5-7-20(28)29-2/h3-4,6,8-14,22-23H,5,7,15H2,1-2H3,(H,26,31)/t22-,23+/m1/s1. The van der Waals surface area contributed by atoms with Crippen LogP contribution in [-0.4, -0.2) is 34.6 Å². The normalized spacial score (nSPS) is 17.9. The van der Waals surface area contributed by atoms with Crippen molar-refractivity contribution in [2.45, 2.75) is 41.8 Å². The predicted molar refractivity (Wildman–Crippen MR) is 127 cm³/mol. The molecule has 1 aromatic carbocycles. The zero-order valence-electron chi connectivity index (χ0n) is 18.0. The molecule has 8 heteroatoms. The zero-order valence-corrected chi connectivity index (χ0v) is 19.6. The molecule has 0 amide bonds. The third kappa shape index (κ3) is 5.14. The van der Waals surface area contributed by atoms with Gasteiger partial charge in [-0.2, -0.15) is 0 Å². The number of carbonyl (C=O) groups excluding carboxylic acids is 1. The van der Waals surface area contributed by atoms with E-state index in [0.717, 1.165) is 21.4 Å². The third-order valence-corrected chi connectivity index (χ3v) is 6.62. The van der Waals surface area contributed by atoms with Crippen molar-refractivity contribution in [1.82, 2.24) is 15.2 Å². The first kappa shape index (κ1) is 22.4. The quantitative estimate of drug-likeness (QED) is 0.364. The molecule has 0 aliphatic carbocycles. The van der Waals surface area contributed by atoms with Crippen molar-refractivity contribution in [3.8, 4) is 0 Å². The Kier molecular flexibility index (Phi) is 7.12. The molecule has 32 heavy (non-hydrogen) atoms. The van der Waals surface area contributed by atoms with Crippen molar-refractivity contribution >= 4 is 35.1 Å². The number of thiocarbonyl (C=S) groups is 1. The number of pyridine rings is 1. The molecule has 2 atom stereocenters. The van der Waals surface area contributed by atoms with Crippen LogP contribution in [0.1, 0.15) is 41.9 Å². The van der Waals surface area contributed by atoms with Crippen molar-refractivity contribution in [1.29, 1.82) is 0 Å². The summed E-state index contributed by atoms with van der Waals surface area (Å²) in [7, 11) is 1.40. The van der Waals surface area contributed by atoms with Crippen molar-refractivity contribution in [3.05, 3.63) is 77.8 Å². The van der Waals surface area contributed by atoms with Crippen molar-refractivity contribution in [3.63, 3.8) is 0 Å². The van der Waals surface area contributed by atoms with E-state index in [1.807, 2.05) is 30.3 Å². The van der Waals surface area contributed by atoms with Gasteiger partial charge in [-0.05, 0) is 62.0 Å². The lowest BCUT2D eigenvalue weighted by Crippen LogP contribution is -2.30. The lowest BCUT2D eigenvalue weighted by atomic mass is 10.0. The van der Waals surface area contributed by atoms with Crippen LogP contribution in [0.3, 0.4) is 0 Å².